The van der Waals surface area contributed by atoms with Crippen LogP contribution in [0.5, 0.6) is 5.75 Å². The molecule has 0 amide bonds. The lowest BCUT2D eigenvalue weighted by molar-refractivity contribution is -0.274. The maximum Gasteiger partial charge on any atom is 0.573 e. The number of nitrogens with two attached hydrogens (primary N) is 1. The third kappa shape index (κ3) is 2.92. The first kappa shape index (κ1) is 10.8. The molecule has 78 valence electrons. The van der Waals surface area contributed by atoms with Gasteiger partial charge in [-0.2, -0.15) is 0 Å². The third-order valence-corrected chi connectivity index (χ3v) is 1.77. The Balaban J connectivity index is 2.90. The molecule has 1 aromatic rings. The molecule has 0 atom stereocenters. The molecule has 14 heavy (non-hydrogen) atoms. The van der Waals surface area contributed by atoms with Crippen LogP contribution in [0.3, 0.4) is 0 Å². The molecule has 0 radical (unpaired) electrons. The molecule has 2 N–H and O–H groups in total. The lowest BCUT2D eigenvalue weighted by Gasteiger charge is -2.10. The van der Waals surface area contributed by atoms with Crippen molar-refractivity contribution in [3.05, 3.63) is 29.3 Å². The zero-order valence-electron chi connectivity index (χ0n) is 7.56. The Bertz CT molecular complexity index is 322. The van der Waals surface area contributed by atoms with Crippen LogP contribution >= 0.6 is 0 Å². The van der Waals surface area contributed by atoms with Gasteiger partial charge in [0.1, 0.15) is 5.75 Å². The van der Waals surface area contributed by atoms with Gasteiger partial charge in [0, 0.05) is 6.54 Å². The molecule has 0 spiro atoms. The largest absolute Gasteiger partial charge is 0.573 e. The summed E-state index contributed by atoms with van der Waals surface area (Å²) < 4.78 is 39.2. The van der Waals surface area contributed by atoms with Crippen molar-refractivity contribution >= 4 is 0 Å². The SMILES string of the molecule is Cc1ccc(OC(F)(F)F)cc1CN. The van der Waals surface area contributed by atoms with Gasteiger partial charge in [0.25, 0.3) is 0 Å². The minimum absolute atomic E-state index is 0.195. The molecule has 1 aromatic carbocycles. The molecule has 0 bridgehead atoms. The van der Waals surface area contributed by atoms with Gasteiger partial charge in [0.2, 0.25) is 0 Å². The summed E-state index contributed by atoms with van der Waals surface area (Å²) in [7, 11) is 0. The first-order valence-electron chi connectivity index (χ1n) is 3.98. The van der Waals surface area contributed by atoms with E-state index in [1.807, 2.05) is 0 Å². The van der Waals surface area contributed by atoms with E-state index in [1.165, 1.54) is 12.1 Å². The van der Waals surface area contributed by atoms with Crippen molar-refractivity contribution < 1.29 is 17.9 Å². The fourth-order valence-electron chi connectivity index (χ4n) is 1.06. The number of hydrogen-bond acceptors (Lipinski definition) is 2. The van der Waals surface area contributed by atoms with Crippen molar-refractivity contribution in [1.29, 1.82) is 0 Å². The second-order valence-corrected chi connectivity index (χ2v) is 2.84. The lowest BCUT2D eigenvalue weighted by Crippen LogP contribution is -2.17. The molecule has 0 heterocycles. The monoisotopic (exact) mass is 205 g/mol. The zero-order valence-corrected chi connectivity index (χ0v) is 7.56. The number of aryl methyl sites for hydroxylation is 1. The van der Waals surface area contributed by atoms with Crippen molar-refractivity contribution in [1.82, 2.24) is 0 Å². The van der Waals surface area contributed by atoms with Crippen LogP contribution in [0.4, 0.5) is 13.2 Å². The summed E-state index contributed by atoms with van der Waals surface area (Å²) in [6.07, 6.45) is -4.65. The molecule has 0 saturated carbocycles. The van der Waals surface area contributed by atoms with E-state index in [0.717, 1.165) is 5.56 Å². The smallest absolute Gasteiger partial charge is 0.406 e. The number of alkyl halides is 3. The summed E-state index contributed by atoms with van der Waals surface area (Å²) in [6.45, 7) is 1.97. The van der Waals surface area contributed by atoms with Crippen LogP contribution in [0.1, 0.15) is 11.1 Å². The number of ether oxygens (including phenoxy) is 1. The molecule has 0 fully saturated rings. The van der Waals surface area contributed by atoms with Gasteiger partial charge < -0.3 is 10.5 Å². The third-order valence-electron chi connectivity index (χ3n) is 1.77. The van der Waals surface area contributed by atoms with Gasteiger partial charge in [0.15, 0.2) is 0 Å². The van der Waals surface area contributed by atoms with Gasteiger partial charge in [-0.05, 0) is 30.2 Å². The molecule has 2 nitrogen and oxygen atoms in total. The van der Waals surface area contributed by atoms with Crippen molar-refractivity contribution in [3.8, 4) is 5.75 Å². The van der Waals surface area contributed by atoms with E-state index in [9.17, 15) is 13.2 Å². The quantitative estimate of drug-likeness (QED) is 0.804. The van der Waals surface area contributed by atoms with Gasteiger partial charge in [0.05, 0.1) is 0 Å². The summed E-state index contributed by atoms with van der Waals surface area (Å²) in [6, 6.07) is 4.11. The Kier molecular flexibility index (Phi) is 3.00. The number of benzene rings is 1. The minimum Gasteiger partial charge on any atom is -0.406 e. The lowest BCUT2D eigenvalue weighted by atomic mass is 10.1. The second kappa shape index (κ2) is 3.88. The first-order valence-corrected chi connectivity index (χ1v) is 3.98. The molecular weight excluding hydrogens is 195 g/mol. The van der Waals surface area contributed by atoms with Crippen LogP contribution in [0.25, 0.3) is 0 Å². The molecule has 0 saturated heterocycles. The summed E-state index contributed by atoms with van der Waals surface area (Å²) in [5, 5.41) is 0. The maximum absolute atomic E-state index is 11.8. The average molecular weight is 205 g/mol. The standard InChI is InChI=1S/C9H10F3NO/c1-6-2-3-8(4-7(6)5-13)14-9(10,11)12/h2-4H,5,13H2,1H3. The first-order chi connectivity index (χ1) is 6.42. The predicted molar refractivity (Wildman–Crippen MR) is 45.8 cm³/mol. The highest BCUT2D eigenvalue weighted by molar-refractivity contribution is 5.34. The highest BCUT2D eigenvalue weighted by Crippen LogP contribution is 2.24. The van der Waals surface area contributed by atoms with Crippen molar-refractivity contribution in [2.75, 3.05) is 0 Å². The normalized spacial score (nSPS) is 11.5. The van der Waals surface area contributed by atoms with Crippen LogP contribution in [-0.2, 0) is 6.54 Å². The van der Waals surface area contributed by atoms with Crippen LogP contribution in [0.15, 0.2) is 18.2 Å². The van der Waals surface area contributed by atoms with Gasteiger partial charge in [-0.1, -0.05) is 6.07 Å². The molecule has 0 aromatic heterocycles. The Morgan fingerprint density at radius 1 is 1.36 bits per heavy atom. The average Bonchev–Trinajstić information content (AvgIpc) is 2.06. The van der Waals surface area contributed by atoms with E-state index in [-0.39, 0.29) is 12.3 Å². The minimum atomic E-state index is -4.65. The Morgan fingerprint density at radius 2 is 2.00 bits per heavy atom. The number of halogens is 3. The van der Waals surface area contributed by atoms with Gasteiger partial charge >= 0.3 is 6.36 Å². The molecule has 0 aliphatic rings. The van der Waals surface area contributed by atoms with Crippen LogP contribution in [0.2, 0.25) is 0 Å². The summed E-state index contributed by atoms with van der Waals surface area (Å²) in [4.78, 5) is 0. The fraction of sp³-hybridized carbons (Fsp3) is 0.333. The number of hydrogen-bond donors (Lipinski definition) is 1. The summed E-state index contributed by atoms with van der Waals surface area (Å²) in [5.41, 5.74) is 6.84. The molecule has 1 rings (SSSR count). The molecule has 5 heteroatoms. The van der Waals surface area contributed by atoms with E-state index in [0.29, 0.717) is 5.56 Å². The summed E-state index contributed by atoms with van der Waals surface area (Å²) in [5.74, 6) is -0.233. The predicted octanol–water partition coefficient (Wildman–Crippen LogP) is 2.35. The van der Waals surface area contributed by atoms with Crippen LogP contribution < -0.4 is 10.5 Å². The molecule has 0 aliphatic carbocycles. The highest BCUT2D eigenvalue weighted by atomic mass is 19.4. The van der Waals surface area contributed by atoms with E-state index < -0.39 is 6.36 Å². The zero-order chi connectivity index (χ0) is 10.8. The molecule has 0 unspecified atom stereocenters. The Morgan fingerprint density at radius 3 is 2.50 bits per heavy atom. The van der Waals surface area contributed by atoms with Crippen molar-refractivity contribution in [2.24, 2.45) is 5.73 Å². The van der Waals surface area contributed by atoms with Crippen molar-refractivity contribution in [2.45, 2.75) is 19.8 Å². The Hall–Kier alpha value is -1.23. The van der Waals surface area contributed by atoms with Crippen molar-refractivity contribution in [3.63, 3.8) is 0 Å². The highest BCUT2D eigenvalue weighted by Gasteiger charge is 2.31. The van der Waals surface area contributed by atoms with E-state index in [2.05, 4.69) is 4.74 Å². The van der Waals surface area contributed by atoms with E-state index >= 15 is 0 Å². The van der Waals surface area contributed by atoms with Gasteiger partial charge in [-0.25, -0.2) is 0 Å². The maximum atomic E-state index is 11.8. The van der Waals surface area contributed by atoms with E-state index in [4.69, 9.17) is 5.73 Å². The van der Waals surface area contributed by atoms with Crippen LogP contribution in [-0.4, -0.2) is 6.36 Å². The molecule has 0 aliphatic heterocycles. The summed E-state index contributed by atoms with van der Waals surface area (Å²) >= 11 is 0. The Labute approximate surface area is 79.5 Å². The topological polar surface area (TPSA) is 35.2 Å². The van der Waals surface area contributed by atoms with Gasteiger partial charge in [-0.3, -0.25) is 0 Å². The van der Waals surface area contributed by atoms with Crippen LogP contribution in [0, 0.1) is 6.92 Å². The fourth-order valence-corrected chi connectivity index (χ4v) is 1.06. The van der Waals surface area contributed by atoms with Gasteiger partial charge in [-0.15, -0.1) is 13.2 Å². The molecular formula is C9H10F3NO. The van der Waals surface area contributed by atoms with E-state index in [1.54, 1.807) is 13.0 Å². The number of rotatable bonds is 2. The second-order valence-electron chi connectivity index (χ2n) is 2.84.